The van der Waals surface area contributed by atoms with E-state index in [2.05, 4.69) is 10.2 Å². The first-order valence-corrected chi connectivity index (χ1v) is 10.2. The molecule has 0 radical (unpaired) electrons. The maximum atomic E-state index is 12.8. The average Bonchev–Trinajstić information content (AvgIpc) is 3.40. The molecule has 0 spiro atoms. The van der Waals surface area contributed by atoms with Crippen LogP contribution in [0.4, 0.5) is 5.69 Å². The lowest BCUT2D eigenvalue weighted by Crippen LogP contribution is -2.26. The van der Waals surface area contributed by atoms with Gasteiger partial charge in [-0.05, 0) is 55.3 Å². The summed E-state index contributed by atoms with van der Waals surface area (Å²) in [5, 5.41) is 7.37. The van der Waals surface area contributed by atoms with E-state index in [9.17, 15) is 14.4 Å². The molecular weight excluding hydrogens is 418 g/mol. The van der Waals surface area contributed by atoms with Crippen molar-refractivity contribution < 1.29 is 19.1 Å². The molecule has 1 atom stereocenters. The second-order valence-corrected chi connectivity index (χ2v) is 7.79. The second kappa shape index (κ2) is 8.35. The van der Waals surface area contributed by atoms with Crippen LogP contribution < -0.4 is 4.90 Å². The second-order valence-electron chi connectivity index (χ2n) is 7.35. The summed E-state index contributed by atoms with van der Waals surface area (Å²) < 4.78 is 5.35. The van der Waals surface area contributed by atoms with E-state index < -0.39 is 12.1 Å². The van der Waals surface area contributed by atoms with Crippen molar-refractivity contribution in [2.24, 2.45) is 0 Å². The largest absolute Gasteiger partial charge is 0.450 e. The summed E-state index contributed by atoms with van der Waals surface area (Å²) in [7, 11) is 0. The van der Waals surface area contributed by atoms with Gasteiger partial charge in [0.1, 0.15) is 5.69 Å². The van der Waals surface area contributed by atoms with Crippen LogP contribution in [0.15, 0.2) is 48.5 Å². The SMILES string of the molecule is CC(=O)N1CCc2cc(C(=O)[C@H](C)OC(=O)c3cc(-c4ccc(Cl)cc4)n[nH]3)ccc21. The number of carbonyl (C=O) groups is 3. The molecule has 8 heteroatoms. The van der Waals surface area contributed by atoms with Gasteiger partial charge >= 0.3 is 5.97 Å². The number of carbonyl (C=O) groups excluding carboxylic acids is 3. The van der Waals surface area contributed by atoms with E-state index in [0.29, 0.717) is 29.2 Å². The number of Topliss-reactive ketones (excluding diaryl/α,β-unsaturated/α-hetero) is 1. The van der Waals surface area contributed by atoms with Gasteiger partial charge in [0, 0.05) is 35.3 Å². The minimum atomic E-state index is -0.974. The van der Waals surface area contributed by atoms with Gasteiger partial charge in [0.05, 0.1) is 5.69 Å². The van der Waals surface area contributed by atoms with E-state index in [1.54, 1.807) is 53.4 Å². The highest BCUT2D eigenvalue weighted by molar-refractivity contribution is 6.30. The number of ether oxygens (including phenoxy) is 1. The van der Waals surface area contributed by atoms with Crippen LogP contribution in [0, 0.1) is 0 Å². The molecule has 0 bridgehead atoms. The third-order valence-corrected chi connectivity index (χ3v) is 5.48. The Morgan fingerprint density at radius 3 is 2.58 bits per heavy atom. The first-order valence-electron chi connectivity index (χ1n) is 9.81. The van der Waals surface area contributed by atoms with Crippen molar-refractivity contribution in [3.8, 4) is 11.3 Å². The molecule has 1 aliphatic heterocycles. The molecule has 1 aromatic heterocycles. The quantitative estimate of drug-likeness (QED) is 0.480. The highest BCUT2D eigenvalue weighted by Crippen LogP contribution is 2.29. The van der Waals surface area contributed by atoms with Crippen molar-refractivity contribution in [2.45, 2.75) is 26.4 Å². The van der Waals surface area contributed by atoms with Crippen molar-refractivity contribution in [1.29, 1.82) is 0 Å². The van der Waals surface area contributed by atoms with Crippen molar-refractivity contribution >= 4 is 34.9 Å². The van der Waals surface area contributed by atoms with Gasteiger partial charge in [0.2, 0.25) is 11.7 Å². The molecule has 4 rings (SSSR count). The molecular formula is C23H20ClN3O4. The van der Waals surface area contributed by atoms with Crippen LogP contribution in [-0.2, 0) is 16.0 Å². The summed E-state index contributed by atoms with van der Waals surface area (Å²) in [5.41, 5.74) is 3.70. The normalized spacial score (nSPS) is 13.6. The zero-order valence-corrected chi connectivity index (χ0v) is 17.8. The number of hydrogen-bond donors (Lipinski definition) is 1. The third kappa shape index (κ3) is 4.22. The molecule has 1 aliphatic rings. The molecule has 31 heavy (non-hydrogen) atoms. The number of aromatic amines is 1. The number of benzene rings is 2. The number of aromatic nitrogens is 2. The Morgan fingerprint density at radius 1 is 1.13 bits per heavy atom. The number of amides is 1. The first-order chi connectivity index (χ1) is 14.8. The number of hydrogen-bond acceptors (Lipinski definition) is 5. The van der Waals surface area contributed by atoms with Gasteiger partial charge < -0.3 is 9.64 Å². The smallest absolute Gasteiger partial charge is 0.357 e. The monoisotopic (exact) mass is 437 g/mol. The van der Waals surface area contributed by atoms with E-state index in [4.69, 9.17) is 16.3 Å². The van der Waals surface area contributed by atoms with Crippen LogP contribution in [0.5, 0.6) is 0 Å². The van der Waals surface area contributed by atoms with Gasteiger partial charge in [-0.3, -0.25) is 14.7 Å². The molecule has 0 saturated heterocycles. The molecule has 0 saturated carbocycles. The predicted molar refractivity (Wildman–Crippen MR) is 116 cm³/mol. The zero-order valence-electron chi connectivity index (χ0n) is 17.0. The number of ketones is 1. The van der Waals surface area contributed by atoms with E-state index >= 15 is 0 Å². The van der Waals surface area contributed by atoms with Crippen molar-refractivity contribution in [3.05, 3.63) is 70.4 Å². The summed E-state index contributed by atoms with van der Waals surface area (Å²) in [6.45, 7) is 3.65. The molecule has 1 N–H and O–H groups in total. The molecule has 2 aromatic carbocycles. The predicted octanol–water partition coefficient (Wildman–Crippen LogP) is 4.07. The number of halogens is 1. The zero-order chi connectivity index (χ0) is 22.1. The number of esters is 1. The fourth-order valence-corrected chi connectivity index (χ4v) is 3.72. The van der Waals surface area contributed by atoms with Gasteiger partial charge in [-0.15, -0.1) is 0 Å². The van der Waals surface area contributed by atoms with Crippen LogP contribution >= 0.6 is 11.6 Å². The number of nitrogens with zero attached hydrogens (tertiary/aromatic N) is 2. The molecule has 1 amide bonds. The van der Waals surface area contributed by atoms with Crippen molar-refractivity contribution in [3.63, 3.8) is 0 Å². The molecule has 0 aliphatic carbocycles. The van der Waals surface area contributed by atoms with Gasteiger partial charge in [-0.2, -0.15) is 5.10 Å². The summed E-state index contributed by atoms with van der Waals surface area (Å²) in [6.07, 6.45) is -0.288. The minimum Gasteiger partial charge on any atom is -0.450 e. The van der Waals surface area contributed by atoms with Gasteiger partial charge in [-0.25, -0.2) is 4.79 Å². The van der Waals surface area contributed by atoms with Crippen LogP contribution in [0.3, 0.4) is 0 Å². The Kier molecular flexibility index (Phi) is 5.61. The first kappa shape index (κ1) is 20.8. The number of rotatable bonds is 5. The lowest BCUT2D eigenvalue weighted by atomic mass is 10.0. The summed E-state index contributed by atoms with van der Waals surface area (Å²) in [5.74, 6) is -1.01. The van der Waals surface area contributed by atoms with Gasteiger partial charge in [0.15, 0.2) is 6.10 Å². The van der Waals surface area contributed by atoms with E-state index in [1.165, 1.54) is 13.8 Å². The van der Waals surface area contributed by atoms with Crippen LogP contribution in [0.25, 0.3) is 11.3 Å². The highest BCUT2D eigenvalue weighted by atomic mass is 35.5. The van der Waals surface area contributed by atoms with E-state index in [0.717, 1.165) is 16.8 Å². The summed E-state index contributed by atoms with van der Waals surface area (Å²) in [4.78, 5) is 38.6. The highest BCUT2D eigenvalue weighted by Gasteiger charge is 2.26. The van der Waals surface area contributed by atoms with E-state index in [-0.39, 0.29) is 17.4 Å². The fraction of sp³-hybridized carbons (Fsp3) is 0.217. The Morgan fingerprint density at radius 2 is 1.87 bits per heavy atom. The molecule has 158 valence electrons. The molecule has 7 nitrogen and oxygen atoms in total. The van der Waals surface area contributed by atoms with Gasteiger partial charge in [-0.1, -0.05) is 23.7 Å². The lowest BCUT2D eigenvalue weighted by Gasteiger charge is -2.15. The van der Waals surface area contributed by atoms with Crippen LogP contribution in [-0.4, -0.2) is 40.5 Å². The Bertz CT molecular complexity index is 1170. The molecule has 2 heterocycles. The van der Waals surface area contributed by atoms with Crippen LogP contribution in [0.1, 0.15) is 40.3 Å². The fourth-order valence-electron chi connectivity index (χ4n) is 3.59. The van der Waals surface area contributed by atoms with Crippen LogP contribution in [0.2, 0.25) is 5.02 Å². The maximum Gasteiger partial charge on any atom is 0.357 e. The maximum absolute atomic E-state index is 12.8. The number of anilines is 1. The Hall–Kier alpha value is -3.45. The third-order valence-electron chi connectivity index (χ3n) is 5.23. The number of fused-ring (bicyclic) bond motifs is 1. The number of H-pyrrole nitrogens is 1. The van der Waals surface area contributed by atoms with Crippen molar-refractivity contribution in [1.82, 2.24) is 10.2 Å². The standard InChI is InChI=1S/C23H20ClN3O4/c1-13(22(29)17-5-8-21-16(11-17)9-10-27(21)14(2)28)31-23(30)20-12-19(25-26-20)15-3-6-18(24)7-4-15/h3-8,11-13H,9-10H2,1-2H3,(H,25,26)/t13-/m0/s1. The molecule has 0 unspecified atom stereocenters. The average molecular weight is 438 g/mol. The van der Waals surface area contributed by atoms with Crippen molar-refractivity contribution in [2.75, 3.05) is 11.4 Å². The Labute approximate surface area is 184 Å². The van der Waals surface area contributed by atoms with Gasteiger partial charge in [0.25, 0.3) is 0 Å². The topological polar surface area (TPSA) is 92.4 Å². The lowest BCUT2D eigenvalue weighted by molar-refractivity contribution is -0.116. The summed E-state index contributed by atoms with van der Waals surface area (Å²) >= 11 is 5.89. The minimum absolute atomic E-state index is 0.0300. The molecule has 0 fully saturated rings. The molecule has 3 aromatic rings. The summed E-state index contributed by atoms with van der Waals surface area (Å²) in [6, 6.07) is 13.8. The Balaban J connectivity index is 1.44. The van der Waals surface area contributed by atoms with E-state index in [1.807, 2.05) is 0 Å². The number of nitrogens with one attached hydrogen (secondary N) is 1.